The van der Waals surface area contributed by atoms with Crippen LogP contribution in [0.5, 0.6) is 0 Å². The summed E-state index contributed by atoms with van der Waals surface area (Å²) in [6, 6.07) is 0. The van der Waals surface area contributed by atoms with Crippen LogP contribution in [0.2, 0.25) is 0 Å². The van der Waals surface area contributed by atoms with Crippen molar-refractivity contribution >= 4 is 6.72 Å². The first kappa shape index (κ1) is 7.95. The maximum atomic E-state index is 5.45. The number of allylic oxidation sites excluding steroid dienone is 3. The summed E-state index contributed by atoms with van der Waals surface area (Å²) in [7, 11) is 0. The Bertz CT molecular complexity index is 154. The van der Waals surface area contributed by atoms with Crippen LogP contribution in [-0.2, 0) is 0 Å². The zero-order valence-electron chi connectivity index (χ0n) is 5.89. The van der Waals surface area contributed by atoms with Gasteiger partial charge in [-0.3, -0.25) is 4.99 Å². The van der Waals surface area contributed by atoms with Gasteiger partial charge in [0.05, 0.1) is 0 Å². The zero-order chi connectivity index (χ0) is 7.28. The molecule has 0 aliphatic heterocycles. The van der Waals surface area contributed by atoms with E-state index in [9.17, 15) is 0 Å². The van der Waals surface area contributed by atoms with E-state index >= 15 is 0 Å². The lowest BCUT2D eigenvalue weighted by Crippen LogP contribution is -1.91. The van der Waals surface area contributed by atoms with Gasteiger partial charge in [-0.15, -0.1) is 0 Å². The van der Waals surface area contributed by atoms with Crippen molar-refractivity contribution < 1.29 is 0 Å². The molecule has 0 saturated carbocycles. The van der Waals surface area contributed by atoms with E-state index in [1.165, 1.54) is 0 Å². The highest BCUT2D eigenvalue weighted by Crippen LogP contribution is 1.95. The van der Waals surface area contributed by atoms with Crippen LogP contribution >= 0.6 is 0 Å². The molecule has 2 N–H and O–H groups in total. The lowest BCUT2D eigenvalue weighted by Gasteiger charge is -1.90. The third kappa shape index (κ3) is 3.53. The molecule has 0 rings (SSSR count). The quantitative estimate of drug-likeness (QED) is 0.439. The van der Waals surface area contributed by atoms with Gasteiger partial charge < -0.3 is 5.73 Å². The second kappa shape index (κ2) is 3.89. The minimum Gasteiger partial charge on any atom is -0.399 e. The van der Waals surface area contributed by atoms with Crippen molar-refractivity contribution in [2.24, 2.45) is 10.7 Å². The van der Waals surface area contributed by atoms with Crippen molar-refractivity contribution in [3.8, 4) is 0 Å². The van der Waals surface area contributed by atoms with Crippen molar-refractivity contribution in [2.75, 3.05) is 0 Å². The fourth-order valence-corrected chi connectivity index (χ4v) is 0.370. The summed E-state index contributed by atoms with van der Waals surface area (Å²) in [5, 5.41) is 0. The van der Waals surface area contributed by atoms with Gasteiger partial charge >= 0.3 is 0 Å². The topological polar surface area (TPSA) is 38.4 Å². The Balaban J connectivity index is 4.11. The molecule has 0 aromatic carbocycles. The molecular weight excluding hydrogens is 112 g/mol. The Morgan fingerprint density at radius 2 is 2.22 bits per heavy atom. The number of nitrogens with zero attached hydrogens (tertiary/aromatic N) is 1. The second-order valence-corrected chi connectivity index (χ2v) is 1.73. The molecule has 0 spiro atoms. The fraction of sp³-hybridized carbons (Fsp3) is 0.286. The van der Waals surface area contributed by atoms with Crippen molar-refractivity contribution in [3.63, 3.8) is 0 Å². The van der Waals surface area contributed by atoms with Gasteiger partial charge in [-0.2, -0.15) is 0 Å². The van der Waals surface area contributed by atoms with Crippen LogP contribution in [0.4, 0.5) is 0 Å². The molecule has 0 unspecified atom stereocenters. The third-order valence-electron chi connectivity index (χ3n) is 0.958. The fourth-order valence-electron chi connectivity index (χ4n) is 0.370. The second-order valence-electron chi connectivity index (χ2n) is 1.73. The Labute approximate surface area is 55.8 Å². The van der Waals surface area contributed by atoms with E-state index in [-0.39, 0.29) is 0 Å². The zero-order valence-corrected chi connectivity index (χ0v) is 5.89. The average molecular weight is 124 g/mol. The van der Waals surface area contributed by atoms with E-state index in [4.69, 9.17) is 5.73 Å². The normalized spacial score (nSPS) is 13.6. The minimum atomic E-state index is 0.722. The van der Waals surface area contributed by atoms with Gasteiger partial charge in [-0.05, 0) is 26.6 Å². The molecule has 0 bridgehead atoms. The van der Waals surface area contributed by atoms with E-state index < -0.39 is 0 Å². The van der Waals surface area contributed by atoms with Crippen LogP contribution in [0.15, 0.2) is 28.5 Å². The molecule has 2 nitrogen and oxygen atoms in total. The molecule has 9 heavy (non-hydrogen) atoms. The van der Waals surface area contributed by atoms with Gasteiger partial charge in [0, 0.05) is 11.4 Å². The number of hydrogen-bond acceptors (Lipinski definition) is 2. The van der Waals surface area contributed by atoms with E-state index in [1.54, 1.807) is 6.08 Å². The van der Waals surface area contributed by atoms with E-state index in [0.29, 0.717) is 0 Å². The summed E-state index contributed by atoms with van der Waals surface area (Å²) in [6.07, 6.45) is 3.58. The molecule has 0 heterocycles. The predicted octanol–water partition coefficient (Wildman–Crippen LogP) is 1.45. The molecule has 0 aromatic heterocycles. The first-order chi connectivity index (χ1) is 4.20. The maximum absolute atomic E-state index is 5.45. The molecule has 0 aliphatic rings. The van der Waals surface area contributed by atoms with Crippen LogP contribution in [-0.4, -0.2) is 6.72 Å². The number of hydrogen-bond donors (Lipinski definition) is 1. The van der Waals surface area contributed by atoms with Crippen LogP contribution in [0.1, 0.15) is 13.8 Å². The lowest BCUT2D eigenvalue weighted by molar-refractivity contribution is 1.27. The molecule has 0 aromatic rings. The Morgan fingerprint density at radius 1 is 1.67 bits per heavy atom. The monoisotopic (exact) mass is 124 g/mol. The summed E-state index contributed by atoms with van der Waals surface area (Å²) in [6.45, 7) is 7.07. The standard InChI is InChI=1S/C7H12N2/c1-4-7(8)5-6(2)9-3/h4-5H,3,8H2,1-2H3/b6-5-,7-4+. The predicted molar refractivity (Wildman–Crippen MR) is 41.3 cm³/mol. The van der Waals surface area contributed by atoms with Crippen molar-refractivity contribution in [2.45, 2.75) is 13.8 Å². The van der Waals surface area contributed by atoms with Gasteiger partial charge in [0.15, 0.2) is 0 Å². The van der Waals surface area contributed by atoms with Crippen molar-refractivity contribution in [1.29, 1.82) is 0 Å². The molecular formula is C7H12N2. The van der Waals surface area contributed by atoms with E-state index in [2.05, 4.69) is 11.7 Å². The van der Waals surface area contributed by atoms with Crippen LogP contribution < -0.4 is 5.73 Å². The maximum Gasteiger partial charge on any atom is 0.0385 e. The molecule has 0 atom stereocenters. The summed E-state index contributed by atoms with van der Waals surface area (Å²) >= 11 is 0. The highest BCUT2D eigenvalue weighted by molar-refractivity contribution is 5.30. The van der Waals surface area contributed by atoms with E-state index in [1.807, 2.05) is 19.9 Å². The first-order valence-corrected chi connectivity index (χ1v) is 2.77. The molecule has 0 aliphatic carbocycles. The molecule has 0 fully saturated rings. The Hall–Kier alpha value is -1.05. The van der Waals surface area contributed by atoms with Gasteiger partial charge in [0.25, 0.3) is 0 Å². The van der Waals surface area contributed by atoms with Crippen LogP contribution in [0.25, 0.3) is 0 Å². The molecule has 0 radical (unpaired) electrons. The van der Waals surface area contributed by atoms with Crippen LogP contribution in [0, 0.1) is 0 Å². The number of nitrogens with two attached hydrogens (primary N) is 1. The van der Waals surface area contributed by atoms with Gasteiger partial charge in [-0.25, -0.2) is 0 Å². The summed E-state index contributed by atoms with van der Waals surface area (Å²) in [5.41, 5.74) is 7.01. The van der Waals surface area contributed by atoms with Gasteiger partial charge in [0.2, 0.25) is 0 Å². The van der Waals surface area contributed by atoms with Gasteiger partial charge in [0.1, 0.15) is 0 Å². The average Bonchev–Trinajstić information content (AvgIpc) is 1.87. The highest BCUT2D eigenvalue weighted by atomic mass is 14.7. The summed E-state index contributed by atoms with van der Waals surface area (Å²) in [5.74, 6) is 0. The third-order valence-corrected chi connectivity index (χ3v) is 0.958. The van der Waals surface area contributed by atoms with Gasteiger partial charge in [-0.1, -0.05) is 6.08 Å². The summed E-state index contributed by atoms with van der Waals surface area (Å²) in [4.78, 5) is 3.67. The smallest absolute Gasteiger partial charge is 0.0385 e. The lowest BCUT2D eigenvalue weighted by atomic mass is 10.3. The highest BCUT2D eigenvalue weighted by Gasteiger charge is 1.81. The molecule has 0 saturated heterocycles. The van der Waals surface area contributed by atoms with E-state index in [0.717, 1.165) is 11.4 Å². The SMILES string of the molecule is C=N/C(C)=C\C(N)=C/C. The Morgan fingerprint density at radius 3 is 2.56 bits per heavy atom. The molecule has 50 valence electrons. The Kier molecular flexibility index (Phi) is 3.44. The number of aliphatic imine (C=N–C) groups is 1. The van der Waals surface area contributed by atoms with Crippen molar-refractivity contribution in [1.82, 2.24) is 0 Å². The van der Waals surface area contributed by atoms with Crippen molar-refractivity contribution in [3.05, 3.63) is 23.5 Å². The number of rotatable bonds is 2. The molecule has 0 amide bonds. The largest absolute Gasteiger partial charge is 0.399 e. The summed E-state index contributed by atoms with van der Waals surface area (Å²) < 4.78 is 0. The van der Waals surface area contributed by atoms with Crippen LogP contribution in [0.3, 0.4) is 0 Å². The first-order valence-electron chi connectivity index (χ1n) is 2.77. The molecule has 2 heteroatoms. The minimum absolute atomic E-state index is 0.722.